The highest BCUT2D eigenvalue weighted by atomic mass is 79.9. The Kier molecular flexibility index (Phi) is 5.38. The van der Waals surface area contributed by atoms with E-state index in [0.29, 0.717) is 0 Å². The van der Waals surface area contributed by atoms with Crippen LogP contribution in [0.5, 0.6) is 5.75 Å². The van der Waals surface area contributed by atoms with Crippen molar-refractivity contribution in [3.8, 4) is 5.75 Å². The molecule has 0 heterocycles. The van der Waals surface area contributed by atoms with Crippen LogP contribution in [0.4, 0.5) is 5.69 Å². The van der Waals surface area contributed by atoms with Gasteiger partial charge in [-0.3, -0.25) is 0 Å². The van der Waals surface area contributed by atoms with Crippen LogP contribution in [0.1, 0.15) is 18.5 Å². The standard InChI is InChI=1S/C16H18BrNOS/c1-11(12-7-8-16(19-2)15(17)9-12)18-13-5-4-6-14(10-13)20-3/h4-11,18H,1-3H3. The van der Waals surface area contributed by atoms with Gasteiger partial charge in [0.05, 0.1) is 11.6 Å². The van der Waals surface area contributed by atoms with Gasteiger partial charge in [-0.15, -0.1) is 11.8 Å². The Hall–Kier alpha value is -1.13. The van der Waals surface area contributed by atoms with Crippen molar-refractivity contribution in [3.63, 3.8) is 0 Å². The zero-order valence-electron chi connectivity index (χ0n) is 11.8. The fourth-order valence-corrected chi connectivity index (χ4v) is 3.02. The van der Waals surface area contributed by atoms with Crippen molar-refractivity contribution in [2.24, 2.45) is 0 Å². The van der Waals surface area contributed by atoms with Crippen molar-refractivity contribution in [1.29, 1.82) is 0 Å². The SMILES string of the molecule is COc1ccc(C(C)Nc2cccc(SC)c2)cc1Br. The van der Waals surface area contributed by atoms with Crippen molar-refractivity contribution in [3.05, 3.63) is 52.5 Å². The molecule has 4 heteroatoms. The van der Waals surface area contributed by atoms with E-state index in [1.807, 2.05) is 6.07 Å². The lowest BCUT2D eigenvalue weighted by atomic mass is 10.1. The molecule has 0 aliphatic rings. The molecule has 0 aromatic heterocycles. The van der Waals surface area contributed by atoms with Crippen LogP contribution in [0.2, 0.25) is 0 Å². The zero-order chi connectivity index (χ0) is 14.5. The van der Waals surface area contributed by atoms with Crippen molar-refractivity contribution in [1.82, 2.24) is 0 Å². The second kappa shape index (κ2) is 7.04. The van der Waals surface area contributed by atoms with E-state index in [1.54, 1.807) is 18.9 Å². The first-order valence-corrected chi connectivity index (χ1v) is 8.40. The predicted octanol–water partition coefficient (Wildman–Crippen LogP) is 5.35. The van der Waals surface area contributed by atoms with Gasteiger partial charge >= 0.3 is 0 Å². The minimum absolute atomic E-state index is 0.231. The Labute approximate surface area is 133 Å². The highest BCUT2D eigenvalue weighted by Gasteiger charge is 2.08. The minimum atomic E-state index is 0.231. The van der Waals surface area contributed by atoms with E-state index in [1.165, 1.54) is 10.5 Å². The summed E-state index contributed by atoms with van der Waals surface area (Å²) in [7, 11) is 1.68. The van der Waals surface area contributed by atoms with E-state index in [0.717, 1.165) is 15.9 Å². The lowest BCUT2D eigenvalue weighted by Gasteiger charge is -2.17. The number of hydrogen-bond acceptors (Lipinski definition) is 3. The van der Waals surface area contributed by atoms with E-state index in [2.05, 4.69) is 70.8 Å². The normalized spacial score (nSPS) is 12.0. The number of anilines is 1. The monoisotopic (exact) mass is 351 g/mol. The van der Waals surface area contributed by atoms with Crippen LogP contribution in [0, 0.1) is 0 Å². The van der Waals surface area contributed by atoms with E-state index in [9.17, 15) is 0 Å². The van der Waals surface area contributed by atoms with Crippen molar-refractivity contribution in [2.45, 2.75) is 17.9 Å². The second-order valence-electron chi connectivity index (χ2n) is 4.49. The first-order valence-electron chi connectivity index (χ1n) is 6.38. The van der Waals surface area contributed by atoms with Gasteiger partial charge in [-0.2, -0.15) is 0 Å². The Morgan fingerprint density at radius 3 is 2.65 bits per heavy atom. The quantitative estimate of drug-likeness (QED) is 0.733. The van der Waals surface area contributed by atoms with Crippen LogP contribution in [-0.4, -0.2) is 13.4 Å². The molecule has 0 aliphatic heterocycles. The Bertz CT molecular complexity index is 588. The summed E-state index contributed by atoms with van der Waals surface area (Å²) in [6.07, 6.45) is 2.09. The van der Waals surface area contributed by atoms with Gasteiger partial charge in [0.1, 0.15) is 5.75 Å². The molecule has 1 atom stereocenters. The number of methoxy groups -OCH3 is 1. The molecule has 2 aromatic rings. The Morgan fingerprint density at radius 2 is 2.00 bits per heavy atom. The molecule has 0 radical (unpaired) electrons. The molecule has 0 saturated heterocycles. The lowest BCUT2D eigenvalue weighted by Crippen LogP contribution is -2.06. The molecule has 1 unspecified atom stereocenters. The van der Waals surface area contributed by atoms with Gasteiger partial charge in [0.15, 0.2) is 0 Å². The number of halogens is 1. The van der Waals surface area contributed by atoms with Gasteiger partial charge in [-0.05, 0) is 65.0 Å². The van der Waals surface area contributed by atoms with E-state index in [4.69, 9.17) is 4.74 Å². The van der Waals surface area contributed by atoms with Crippen LogP contribution in [0.3, 0.4) is 0 Å². The van der Waals surface area contributed by atoms with Gasteiger partial charge in [0.25, 0.3) is 0 Å². The fourth-order valence-electron chi connectivity index (χ4n) is 2.00. The van der Waals surface area contributed by atoms with Crippen molar-refractivity contribution >= 4 is 33.4 Å². The molecular formula is C16H18BrNOS. The second-order valence-corrected chi connectivity index (χ2v) is 6.23. The molecular weight excluding hydrogens is 334 g/mol. The first-order chi connectivity index (χ1) is 9.63. The third-order valence-electron chi connectivity index (χ3n) is 3.13. The summed E-state index contributed by atoms with van der Waals surface area (Å²) >= 11 is 5.28. The summed E-state index contributed by atoms with van der Waals surface area (Å²) in [5, 5.41) is 3.52. The predicted molar refractivity (Wildman–Crippen MR) is 91.0 cm³/mol. The summed E-state index contributed by atoms with van der Waals surface area (Å²) in [5.41, 5.74) is 2.35. The summed E-state index contributed by atoms with van der Waals surface area (Å²) in [6, 6.07) is 14.8. The summed E-state index contributed by atoms with van der Waals surface area (Å²) in [6.45, 7) is 2.15. The largest absolute Gasteiger partial charge is 0.496 e. The number of ether oxygens (including phenoxy) is 1. The minimum Gasteiger partial charge on any atom is -0.496 e. The van der Waals surface area contributed by atoms with Crippen molar-refractivity contribution in [2.75, 3.05) is 18.7 Å². The number of nitrogens with one attached hydrogen (secondary N) is 1. The first kappa shape index (κ1) is 15.3. The molecule has 0 spiro atoms. The highest BCUT2D eigenvalue weighted by Crippen LogP contribution is 2.29. The summed E-state index contributed by atoms with van der Waals surface area (Å²) < 4.78 is 6.23. The maximum Gasteiger partial charge on any atom is 0.133 e. The van der Waals surface area contributed by atoms with Crippen LogP contribution < -0.4 is 10.1 Å². The maximum atomic E-state index is 5.26. The zero-order valence-corrected chi connectivity index (χ0v) is 14.2. The topological polar surface area (TPSA) is 21.3 Å². The summed E-state index contributed by atoms with van der Waals surface area (Å²) in [5.74, 6) is 0.852. The van der Waals surface area contributed by atoms with Gasteiger partial charge in [0, 0.05) is 16.6 Å². The van der Waals surface area contributed by atoms with Crippen LogP contribution >= 0.6 is 27.7 Å². The molecule has 2 aromatic carbocycles. The van der Waals surface area contributed by atoms with E-state index >= 15 is 0 Å². The molecule has 2 rings (SSSR count). The van der Waals surface area contributed by atoms with Crippen LogP contribution in [-0.2, 0) is 0 Å². The van der Waals surface area contributed by atoms with Crippen LogP contribution in [0.25, 0.3) is 0 Å². The number of thioether (sulfide) groups is 1. The number of hydrogen-bond donors (Lipinski definition) is 1. The fraction of sp³-hybridized carbons (Fsp3) is 0.250. The molecule has 0 amide bonds. The average molecular weight is 352 g/mol. The third kappa shape index (κ3) is 3.70. The van der Waals surface area contributed by atoms with Crippen LogP contribution in [0.15, 0.2) is 51.8 Å². The van der Waals surface area contributed by atoms with Crippen molar-refractivity contribution < 1.29 is 4.74 Å². The molecule has 0 saturated carbocycles. The molecule has 1 N–H and O–H groups in total. The summed E-state index contributed by atoms with van der Waals surface area (Å²) in [4.78, 5) is 1.26. The smallest absolute Gasteiger partial charge is 0.133 e. The lowest BCUT2D eigenvalue weighted by molar-refractivity contribution is 0.412. The Morgan fingerprint density at radius 1 is 1.20 bits per heavy atom. The highest BCUT2D eigenvalue weighted by molar-refractivity contribution is 9.10. The number of rotatable bonds is 5. The molecule has 2 nitrogen and oxygen atoms in total. The molecule has 0 bridgehead atoms. The molecule has 0 aliphatic carbocycles. The van der Waals surface area contributed by atoms with Gasteiger partial charge in [-0.25, -0.2) is 0 Å². The number of benzene rings is 2. The maximum absolute atomic E-state index is 5.26. The molecule has 20 heavy (non-hydrogen) atoms. The molecule has 0 fully saturated rings. The third-order valence-corrected chi connectivity index (χ3v) is 4.47. The van der Waals surface area contributed by atoms with Gasteiger partial charge in [-0.1, -0.05) is 12.1 Å². The van der Waals surface area contributed by atoms with E-state index < -0.39 is 0 Å². The Balaban J connectivity index is 2.14. The van der Waals surface area contributed by atoms with Gasteiger partial charge in [0.2, 0.25) is 0 Å². The van der Waals surface area contributed by atoms with E-state index in [-0.39, 0.29) is 6.04 Å². The average Bonchev–Trinajstić information content (AvgIpc) is 2.47. The molecule has 106 valence electrons. The van der Waals surface area contributed by atoms with Gasteiger partial charge < -0.3 is 10.1 Å².